The summed E-state index contributed by atoms with van der Waals surface area (Å²) in [6.07, 6.45) is -8.61. The molecule has 19 atom stereocenters. The predicted octanol–water partition coefficient (Wildman–Crippen LogP) is 2.51. The van der Waals surface area contributed by atoms with E-state index in [0.717, 1.165) is 0 Å². The second-order valence-corrected chi connectivity index (χ2v) is 17.5. The average Bonchev–Trinajstić information content (AvgIpc) is 3.28. The molecular formula is C39H69NO14. The molecule has 0 aliphatic carbocycles. The number of carbonyl (C=O) groups excluding carboxylic acids is 2. The summed E-state index contributed by atoms with van der Waals surface area (Å²) in [4.78, 5) is 28.8. The Labute approximate surface area is 321 Å². The largest absolute Gasteiger partial charge is 0.459 e. The lowest BCUT2D eigenvalue weighted by atomic mass is 9.74. The van der Waals surface area contributed by atoms with Crippen molar-refractivity contribution in [3.05, 3.63) is 0 Å². The summed E-state index contributed by atoms with van der Waals surface area (Å²) in [5, 5.41) is 47.6. The lowest BCUT2D eigenvalue weighted by molar-refractivity contribution is -0.320. The first-order chi connectivity index (χ1) is 24.9. The molecule has 4 fully saturated rings. The summed E-state index contributed by atoms with van der Waals surface area (Å²) in [6.45, 7) is 18.5. The van der Waals surface area contributed by atoms with Crippen molar-refractivity contribution in [2.75, 3.05) is 21.2 Å². The number of nitrogens with zero attached hydrogens (tertiary/aromatic N) is 1. The standard InChI is InChI=1S/C39H69NO14/c1-15-27-38(11)33(50-25(8)41)23(6)39(46,54-38)19(2)17-36(9,45)32(53-35-29(42)26(40(12)13)16-20(3)48-35)21(4)30(22(5)34(44)51-27)52-28-18-37(10,47-14)31(43)24(7)49-28/h19-24,26-33,35,42-43,45-46H,15-18H2,1-14H3/t19-,20-,21+,22?,23-,24+,26+,27-,28+,29-,30?,31+,32-,33-,35+,36-,37-,38-,39+/m1/s1. The fourth-order valence-electron chi connectivity index (χ4n) is 9.56. The van der Waals surface area contributed by atoms with E-state index in [2.05, 4.69) is 0 Å². The van der Waals surface area contributed by atoms with E-state index >= 15 is 0 Å². The van der Waals surface area contributed by atoms with Crippen LogP contribution in [0.3, 0.4) is 0 Å². The number of fused-ring (bicyclic) bond motifs is 2. The van der Waals surface area contributed by atoms with E-state index in [1.54, 1.807) is 55.4 Å². The Morgan fingerprint density at radius 1 is 0.963 bits per heavy atom. The second kappa shape index (κ2) is 16.8. The summed E-state index contributed by atoms with van der Waals surface area (Å²) in [5.74, 6) is -6.66. The number of hydrogen-bond donors (Lipinski definition) is 4. The number of esters is 2. The van der Waals surface area contributed by atoms with Crippen LogP contribution in [0.25, 0.3) is 0 Å². The highest BCUT2D eigenvalue weighted by molar-refractivity contribution is 5.73. The number of methoxy groups -OCH3 is 1. The van der Waals surface area contributed by atoms with Gasteiger partial charge in [-0.3, -0.25) is 9.59 Å². The SMILES string of the molecule is CC[C@H]1OC(=O)C(C)C(O[C@H]2C[C@@](C)(OC)[C@@H](O)[C@H](C)O2)[C@H](C)[C@@H](O[C@@H]2O[C@H](C)C[C@H](N(C)C)[C@H]2O)[C@](C)(O)C[C@@H](C)[C@]2(O)O[C@@]1(C)[C@H](OC(C)=O)[C@H]2C. The van der Waals surface area contributed by atoms with Gasteiger partial charge in [0, 0.05) is 38.3 Å². The van der Waals surface area contributed by atoms with E-state index in [1.165, 1.54) is 14.0 Å². The van der Waals surface area contributed by atoms with Gasteiger partial charge >= 0.3 is 11.9 Å². The van der Waals surface area contributed by atoms with Gasteiger partial charge in [-0.05, 0) is 74.9 Å². The second-order valence-electron chi connectivity index (χ2n) is 17.5. The van der Waals surface area contributed by atoms with Crippen LogP contribution in [0, 0.1) is 23.7 Å². The van der Waals surface area contributed by atoms with Gasteiger partial charge in [0.05, 0.1) is 47.5 Å². The highest BCUT2D eigenvalue weighted by Gasteiger charge is 2.66. The Bertz CT molecular complexity index is 1300. The molecule has 4 aliphatic rings. The van der Waals surface area contributed by atoms with Crippen LogP contribution in [-0.2, 0) is 47.5 Å². The molecule has 15 nitrogen and oxygen atoms in total. The van der Waals surface area contributed by atoms with E-state index < -0.39 is 114 Å². The van der Waals surface area contributed by atoms with Gasteiger partial charge < -0.3 is 63.2 Å². The van der Waals surface area contributed by atoms with Crippen molar-refractivity contribution >= 4 is 11.9 Å². The van der Waals surface area contributed by atoms with Crippen molar-refractivity contribution in [2.24, 2.45) is 23.7 Å². The van der Waals surface area contributed by atoms with Crippen molar-refractivity contribution in [3.8, 4) is 0 Å². The molecule has 0 aromatic carbocycles. The van der Waals surface area contributed by atoms with Gasteiger partial charge in [-0.25, -0.2) is 0 Å². The molecule has 0 saturated carbocycles. The molecule has 4 heterocycles. The molecule has 0 aromatic rings. The van der Waals surface area contributed by atoms with Gasteiger partial charge in [-0.1, -0.05) is 27.7 Å². The Balaban J connectivity index is 1.87. The molecular weight excluding hydrogens is 706 g/mol. The normalized spacial score (nSPS) is 50.8. The summed E-state index contributed by atoms with van der Waals surface area (Å²) < 4.78 is 50.1. The van der Waals surface area contributed by atoms with Crippen LogP contribution in [0.5, 0.6) is 0 Å². The lowest BCUT2D eigenvalue weighted by Gasteiger charge is -2.49. The molecule has 4 rings (SSSR count). The zero-order valence-electron chi connectivity index (χ0n) is 34.8. The highest BCUT2D eigenvalue weighted by atomic mass is 16.7. The Morgan fingerprint density at radius 3 is 2.15 bits per heavy atom. The molecule has 2 bridgehead atoms. The summed E-state index contributed by atoms with van der Waals surface area (Å²) >= 11 is 0. The molecule has 4 saturated heterocycles. The number of aliphatic hydroxyl groups is 4. The minimum atomic E-state index is -1.95. The first-order valence-electron chi connectivity index (χ1n) is 19.6. The van der Waals surface area contributed by atoms with Crippen molar-refractivity contribution in [1.29, 1.82) is 0 Å². The maximum Gasteiger partial charge on any atom is 0.311 e. The van der Waals surface area contributed by atoms with Gasteiger partial charge in [0.25, 0.3) is 0 Å². The van der Waals surface area contributed by atoms with Crippen LogP contribution in [-0.4, -0.2) is 149 Å². The Kier molecular flexibility index (Phi) is 14.0. The Hall–Kier alpha value is -1.50. The maximum absolute atomic E-state index is 14.4. The zero-order chi connectivity index (χ0) is 40.9. The summed E-state index contributed by atoms with van der Waals surface area (Å²) in [5.41, 5.74) is -4.30. The maximum atomic E-state index is 14.4. The first kappa shape index (κ1) is 45.2. The van der Waals surface area contributed by atoms with Crippen LogP contribution < -0.4 is 0 Å². The third-order valence-electron chi connectivity index (χ3n) is 12.9. The molecule has 4 aliphatic heterocycles. The number of carbonyl (C=O) groups is 2. The van der Waals surface area contributed by atoms with Gasteiger partial charge in [-0.2, -0.15) is 0 Å². The third-order valence-corrected chi connectivity index (χ3v) is 12.9. The fraction of sp³-hybridized carbons (Fsp3) is 0.949. The van der Waals surface area contributed by atoms with Gasteiger partial charge in [0.15, 0.2) is 18.4 Å². The summed E-state index contributed by atoms with van der Waals surface area (Å²) in [7, 11) is 5.22. The number of likely N-dealkylation sites (N-methyl/N-ethyl adjacent to an activating group) is 1. The molecule has 0 aromatic heterocycles. The molecule has 0 spiro atoms. The average molecular weight is 776 g/mol. The quantitative estimate of drug-likeness (QED) is 0.263. The topological polar surface area (TPSA) is 192 Å². The highest BCUT2D eigenvalue weighted by Crippen LogP contribution is 2.52. The number of hydrogen-bond acceptors (Lipinski definition) is 15. The number of cyclic esters (lactones) is 1. The molecule has 15 heteroatoms. The number of rotatable bonds is 8. The van der Waals surface area contributed by atoms with Gasteiger partial charge in [0.1, 0.15) is 30.0 Å². The molecule has 2 unspecified atom stereocenters. The minimum absolute atomic E-state index is 0.0984. The van der Waals surface area contributed by atoms with Crippen LogP contribution in [0.2, 0.25) is 0 Å². The molecule has 0 radical (unpaired) electrons. The first-order valence-corrected chi connectivity index (χ1v) is 19.6. The summed E-state index contributed by atoms with van der Waals surface area (Å²) in [6, 6.07) is -0.320. The van der Waals surface area contributed by atoms with Gasteiger partial charge in [-0.15, -0.1) is 0 Å². The zero-order valence-corrected chi connectivity index (χ0v) is 34.8. The minimum Gasteiger partial charge on any atom is -0.459 e. The van der Waals surface area contributed by atoms with E-state index in [4.69, 9.17) is 37.9 Å². The van der Waals surface area contributed by atoms with Gasteiger partial charge in [0.2, 0.25) is 0 Å². The van der Waals surface area contributed by atoms with Crippen LogP contribution in [0.15, 0.2) is 0 Å². The predicted molar refractivity (Wildman–Crippen MR) is 195 cm³/mol. The lowest BCUT2D eigenvalue weighted by Crippen LogP contribution is -2.61. The van der Waals surface area contributed by atoms with Crippen LogP contribution >= 0.6 is 0 Å². The smallest absolute Gasteiger partial charge is 0.311 e. The molecule has 0 amide bonds. The van der Waals surface area contributed by atoms with E-state index in [-0.39, 0.29) is 31.4 Å². The molecule has 314 valence electrons. The van der Waals surface area contributed by atoms with Crippen molar-refractivity contribution in [1.82, 2.24) is 4.90 Å². The van der Waals surface area contributed by atoms with Crippen LogP contribution in [0.4, 0.5) is 0 Å². The van der Waals surface area contributed by atoms with Crippen molar-refractivity contribution < 1.29 is 67.9 Å². The van der Waals surface area contributed by atoms with Crippen molar-refractivity contribution in [2.45, 2.75) is 192 Å². The van der Waals surface area contributed by atoms with E-state index in [0.29, 0.717) is 6.42 Å². The third kappa shape index (κ3) is 8.66. The monoisotopic (exact) mass is 775 g/mol. The molecule has 4 N–H and O–H groups in total. The number of ether oxygens (including phenoxy) is 8. The number of aliphatic hydroxyl groups excluding tert-OH is 2. The van der Waals surface area contributed by atoms with Crippen molar-refractivity contribution in [3.63, 3.8) is 0 Å². The Morgan fingerprint density at radius 2 is 1.59 bits per heavy atom. The van der Waals surface area contributed by atoms with E-state index in [1.807, 2.05) is 32.8 Å². The fourth-order valence-corrected chi connectivity index (χ4v) is 9.56. The molecule has 54 heavy (non-hydrogen) atoms. The van der Waals surface area contributed by atoms with E-state index in [9.17, 15) is 30.0 Å². The van der Waals surface area contributed by atoms with Crippen LogP contribution in [0.1, 0.15) is 102 Å².